The lowest BCUT2D eigenvalue weighted by Gasteiger charge is -2.08. The molecule has 0 atom stereocenters. The van der Waals surface area contributed by atoms with E-state index < -0.39 is 5.97 Å². The highest BCUT2D eigenvalue weighted by atomic mass is 35.5. The lowest BCUT2D eigenvalue weighted by atomic mass is 10.2. The second kappa shape index (κ2) is 9.16. The van der Waals surface area contributed by atoms with Crippen molar-refractivity contribution in [3.63, 3.8) is 0 Å². The quantitative estimate of drug-likeness (QED) is 0.229. The van der Waals surface area contributed by atoms with Gasteiger partial charge in [-0.25, -0.2) is 4.79 Å². The van der Waals surface area contributed by atoms with Crippen molar-refractivity contribution >= 4 is 46.9 Å². The zero-order chi connectivity index (χ0) is 19.1. The first-order chi connectivity index (χ1) is 13.1. The molecule has 0 saturated carbocycles. The Kier molecular flexibility index (Phi) is 6.41. The fourth-order valence-electron chi connectivity index (χ4n) is 2.20. The maximum absolute atomic E-state index is 12.0. The Labute approximate surface area is 166 Å². The van der Waals surface area contributed by atoms with Crippen LogP contribution in [-0.2, 0) is 4.79 Å². The van der Waals surface area contributed by atoms with Gasteiger partial charge < -0.3 is 9.47 Å². The van der Waals surface area contributed by atoms with Crippen LogP contribution in [0.1, 0.15) is 10.4 Å². The van der Waals surface area contributed by atoms with E-state index in [0.717, 1.165) is 16.1 Å². The molecular formula is C21H16ClNO3S. The minimum Gasteiger partial charge on any atom is -0.493 e. The summed E-state index contributed by atoms with van der Waals surface area (Å²) in [5, 5.41) is 2.60. The molecule has 4 nitrogen and oxygen atoms in total. The second-order valence-electron chi connectivity index (χ2n) is 5.41. The first-order valence-corrected chi connectivity index (χ1v) is 9.31. The first kappa shape index (κ1) is 18.9. The number of methoxy groups -OCH3 is 1. The summed E-state index contributed by atoms with van der Waals surface area (Å²) < 4.78 is 10.7. The molecule has 6 heteroatoms. The SMILES string of the molecule is COc1cc(C=Nc2ccc(Cl)cc2)ccc1OC(=O)C=Cc1cccs1. The van der Waals surface area contributed by atoms with Gasteiger partial charge in [-0.05, 0) is 65.6 Å². The summed E-state index contributed by atoms with van der Waals surface area (Å²) in [5.74, 6) is 0.333. The standard InChI is InChI=1S/C21H16ClNO3S/c1-25-20-13-15(14-23-17-7-5-16(22)6-8-17)4-10-19(20)26-21(24)11-9-18-3-2-12-27-18/h2-14H,1H3. The lowest BCUT2D eigenvalue weighted by molar-refractivity contribution is -0.129. The smallest absolute Gasteiger partial charge is 0.336 e. The third-order valence-electron chi connectivity index (χ3n) is 3.51. The molecule has 136 valence electrons. The van der Waals surface area contributed by atoms with Crippen molar-refractivity contribution in [2.75, 3.05) is 7.11 Å². The van der Waals surface area contributed by atoms with Crippen molar-refractivity contribution in [2.24, 2.45) is 4.99 Å². The third kappa shape index (κ3) is 5.54. The molecule has 0 aliphatic heterocycles. The molecule has 1 heterocycles. The Morgan fingerprint density at radius 2 is 1.93 bits per heavy atom. The molecule has 0 spiro atoms. The topological polar surface area (TPSA) is 47.9 Å². The molecule has 0 aliphatic rings. The normalized spacial score (nSPS) is 11.2. The van der Waals surface area contributed by atoms with Crippen molar-refractivity contribution < 1.29 is 14.3 Å². The molecule has 0 amide bonds. The van der Waals surface area contributed by atoms with E-state index in [-0.39, 0.29) is 0 Å². The van der Waals surface area contributed by atoms with Crippen molar-refractivity contribution in [3.05, 3.63) is 81.5 Å². The highest BCUT2D eigenvalue weighted by Crippen LogP contribution is 2.28. The van der Waals surface area contributed by atoms with Gasteiger partial charge in [0, 0.05) is 22.2 Å². The zero-order valence-corrected chi connectivity index (χ0v) is 16.0. The van der Waals surface area contributed by atoms with Gasteiger partial charge in [0.05, 0.1) is 12.8 Å². The lowest BCUT2D eigenvalue weighted by Crippen LogP contribution is -2.05. The van der Waals surface area contributed by atoms with Crippen LogP contribution in [0.25, 0.3) is 6.08 Å². The van der Waals surface area contributed by atoms with Crippen LogP contribution in [0.15, 0.2) is 71.0 Å². The average molecular weight is 398 g/mol. The van der Waals surface area contributed by atoms with Crippen molar-refractivity contribution in [1.29, 1.82) is 0 Å². The molecule has 0 N–H and O–H groups in total. The van der Waals surface area contributed by atoms with E-state index in [0.29, 0.717) is 16.5 Å². The molecule has 27 heavy (non-hydrogen) atoms. The van der Waals surface area contributed by atoms with E-state index >= 15 is 0 Å². The van der Waals surface area contributed by atoms with E-state index in [1.165, 1.54) is 13.2 Å². The maximum atomic E-state index is 12.0. The minimum absolute atomic E-state index is 0.349. The van der Waals surface area contributed by atoms with Crippen LogP contribution in [0, 0.1) is 0 Å². The van der Waals surface area contributed by atoms with Crippen LogP contribution >= 0.6 is 22.9 Å². The number of halogens is 1. The fourth-order valence-corrected chi connectivity index (χ4v) is 2.95. The Balaban J connectivity index is 1.70. The molecule has 0 radical (unpaired) electrons. The van der Waals surface area contributed by atoms with Gasteiger partial charge in [0.1, 0.15) is 0 Å². The van der Waals surface area contributed by atoms with Gasteiger partial charge >= 0.3 is 5.97 Å². The zero-order valence-electron chi connectivity index (χ0n) is 14.5. The molecule has 0 aliphatic carbocycles. The van der Waals surface area contributed by atoms with Crippen molar-refractivity contribution in [2.45, 2.75) is 0 Å². The van der Waals surface area contributed by atoms with Gasteiger partial charge in [-0.1, -0.05) is 17.7 Å². The number of hydrogen-bond acceptors (Lipinski definition) is 5. The number of hydrogen-bond donors (Lipinski definition) is 0. The molecule has 0 fully saturated rings. The van der Waals surface area contributed by atoms with Gasteiger partial charge in [0.25, 0.3) is 0 Å². The Hall–Kier alpha value is -2.89. The summed E-state index contributed by atoms with van der Waals surface area (Å²) in [6.07, 6.45) is 4.81. The Bertz CT molecular complexity index is 964. The number of carbonyl (C=O) groups excluding carboxylic acids is 1. The number of esters is 1. The number of rotatable bonds is 6. The van der Waals surface area contributed by atoms with Crippen LogP contribution in [0.4, 0.5) is 5.69 Å². The van der Waals surface area contributed by atoms with Gasteiger partial charge in [-0.3, -0.25) is 4.99 Å². The number of thiophene rings is 1. The van der Waals surface area contributed by atoms with Crippen LogP contribution in [0.2, 0.25) is 5.02 Å². The summed E-state index contributed by atoms with van der Waals surface area (Å²) in [6, 6.07) is 16.3. The highest BCUT2D eigenvalue weighted by Gasteiger charge is 2.08. The minimum atomic E-state index is -0.468. The van der Waals surface area contributed by atoms with Gasteiger partial charge in [-0.2, -0.15) is 0 Å². The fraction of sp³-hybridized carbons (Fsp3) is 0.0476. The predicted octanol–water partition coefficient (Wildman–Crippen LogP) is 5.78. The number of aliphatic imine (C=N–C) groups is 1. The van der Waals surface area contributed by atoms with Crippen LogP contribution in [0.3, 0.4) is 0 Å². The van der Waals surface area contributed by atoms with E-state index in [2.05, 4.69) is 4.99 Å². The van der Waals surface area contributed by atoms with E-state index in [1.807, 2.05) is 29.6 Å². The Morgan fingerprint density at radius 3 is 2.63 bits per heavy atom. The van der Waals surface area contributed by atoms with Gasteiger partial charge in [0.15, 0.2) is 11.5 Å². The molecule has 0 bridgehead atoms. The maximum Gasteiger partial charge on any atom is 0.336 e. The third-order valence-corrected chi connectivity index (χ3v) is 4.60. The largest absolute Gasteiger partial charge is 0.493 e. The number of ether oxygens (including phenoxy) is 2. The second-order valence-corrected chi connectivity index (χ2v) is 6.83. The number of benzene rings is 2. The summed E-state index contributed by atoms with van der Waals surface area (Å²) in [5.41, 5.74) is 1.60. The van der Waals surface area contributed by atoms with Crippen LogP contribution in [0.5, 0.6) is 11.5 Å². The summed E-state index contributed by atoms with van der Waals surface area (Å²) in [6.45, 7) is 0. The monoisotopic (exact) mass is 397 g/mol. The number of nitrogens with zero attached hydrogens (tertiary/aromatic N) is 1. The summed E-state index contributed by atoms with van der Waals surface area (Å²) in [4.78, 5) is 17.4. The molecule has 0 unspecified atom stereocenters. The van der Waals surface area contributed by atoms with Crippen molar-refractivity contribution in [1.82, 2.24) is 0 Å². The van der Waals surface area contributed by atoms with E-state index in [9.17, 15) is 4.79 Å². The molecule has 0 saturated heterocycles. The average Bonchev–Trinajstić information content (AvgIpc) is 3.20. The Morgan fingerprint density at radius 1 is 1.11 bits per heavy atom. The van der Waals surface area contributed by atoms with Gasteiger partial charge in [-0.15, -0.1) is 11.3 Å². The van der Waals surface area contributed by atoms with Crippen LogP contribution < -0.4 is 9.47 Å². The molecule has 3 aromatic rings. The molecule has 2 aromatic carbocycles. The molecule has 1 aromatic heterocycles. The predicted molar refractivity (Wildman–Crippen MR) is 111 cm³/mol. The number of carbonyl (C=O) groups is 1. The molecular weight excluding hydrogens is 382 g/mol. The molecule has 3 rings (SSSR count). The van der Waals surface area contributed by atoms with E-state index in [1.54, 1.807) is 54.0 Å². The first-order valence-electron chi connectivity index (χ1n) is 8.05. The van der Waals surface area contributed by atoms with E-state index in [4.69, 9.17) is 21.1 Å². The van der Waals surface area contributed by atoms with Crippen LogP contribution in [-0.4, -0.2) is 19.3 Å². The summed E-state index contributed by atoms with van der Waals surface area (Å²) in [7, 11) is 1.52. The van der Waals surface area contributed by atoms with Crippen molar-refractivity contribution in [3.8, 4) is 11.5 Å². The van der Waals surface area contributed by atoms with Gasteiger partial charge in [0.2, 0.25) is 0 Å². The summed E-state index contributed by atoms with van der Waals surface area (Å²) >= 11 is 7.41. The highest BCUT2D eigenvalue weighted by molar-refractivity contribution is 7.10.